The molecule has 0 aromatic carbocycles. The fourth-order valence-electron chi connectivity index (χ4n) is 1.49. The van der Waals surface area contributed by atoms with Gasteiger partial charge in [0, 0.05) is 26.2 Å². The van der Waals surface area contributed by atoms with Gasteiger partial charge < -0.3 is 26.0 Å². The van der Waals surface area contributed by atoms with Gasteiger partial charge in [-0.15, -0.1) is 0 Å². The molecule has 0 bridgehead atoms. The van der Waals surface area contributed by atoms with Gasteiger partial charge in [-0.3, -0.25) is 9.59 Å². The maximum Gasteiger partial charge on any atom is 0.325 e. The lowest BCUT2D eigenvalue weighted by Gasteiger charge is -2.27. The number of carbonyl (C=O) groups excluding carboxylic acids is 2. The van der Waals surface area contributed by atoms with Crippen molar-refractivity contribution in [1.82, 2.24) is 20.9 Å². The molecule has 18 heavy (non-hydrogen) atoms. The van der Waals surface area contributed by atoms with Crippen molar-refractivity contribution in [1.29, 1.82) is 0 Å². The van der Waals surface area contributed by atoms with Gasteiger partial charge in [0.05, 0.1) is 6.54 Å². The molecular weight excluding hydrogens is 240 g/mol. The van der Waals surface area contributed by atoms with Crippen LogP contribution in [0.15, 0.2) is 0 Å². The predicted octanol–water partition coefficient (Wildman–Crippen LogP) is -1.81. The molecule has 0 aliphatic carbocycles. The minimum Gasteiger partial charge on any atom is -0.480 e. The van der Waals surface area contributed by atoms with Crippen molar-refractivity contribution >= 4 is 17.9 Å². The van der Waals surface area contributed by atoms with Crippen LogP contribution in [0.5, 0.6) is 0 Å². The predicted molar refractivity (Wildman–Crippen MR) is 63.1 cm³/mol. The number of hydrogen-bond acceptors (Lipinski definition) is 4. The zero-order valence-electron chi connectivity index (χ0n) is 10.2. The average Bonchev–Trinajstić information content (AvgIpc) is 2.36. The fourth-order valence-corrected chi connectivity index (χ4v) is 1.49. The summed E-state index contributed by atoms with van der Waals surface area (Å²) in [5, 5.41) is 16.2. The SMILES string of the molecule is CC(NC(=O)NCC(=O)N1CCNCC1)C(=O)O. The molecule has 102 valence electrons. The number of nitrogens with zero attached hydrogens (tertiary/aromatic N) is 1. The molecule has 1 saturated heterocycles. The van der Waals surface area contributed by atoms with E-state index in [0.717, 1.165) is 13.1 Å². The Labute approximate surface area is 105 Å². The van der Waals surface area contributed by atoms with Crippen molar-refractivity contribution in [2.45, 2.75) is 13.0 Å². The van der Waals surface area contributed by atoms with Crippen LogP contribution in [0.2, 0.25) is 0 Å². The van der Waals surface area contributed by atoms with Crippen molar-refractivity contribution < 1.29 is 19.5 Å². The summed E-state index contributed by atoms with van der Waals surface area (Å²) < 4.78 is 0. The highest BCUT2D eigenvalue weighted by Crippen LogP contribution is 1.92. The molecule has 8 nitrogen and oxygen atoms in total. The van der Waals surface area contributed by atoms with E-state index in [4.69, 9.17) is 5.11 Å². The summed E-state index contributed by atoms with van der Waals surface area (Å²) in [4.78, 5) is 35.1. The van der Waals surface area contributed by atoms with Crippen LogP contribution in [0.4, 0.5) is 4.79 Å². The van der Waals surface area contributed by atoms with Gasteiger partial charge in [0.15, 0.2) is 0 Å². The first-order valence-corrected chi connectivity index (χ1v) is 5.76. The topological polar surface area (TPSA) is 111 Å². The van der Waals surface area contributed by atoms with Gasteiger partial charge in [0.2, 0.25) is 5.91 Å². The summed E-state index contributed by atoms with van der Waals surface area (Å²) in [5.41, 5.74) is 0. The van der Waals surface area contributed by atoms with Gasteiger partial charge in [0.25, 0.3) is 0 Å². The van der Waals surface area contributed by atoms with Gasteiger partial charge in [-0.1, -0.05) is 0 Å². The van der Waals surface area contributed by atoms with E-state index < -0.39 is 18.0 Å². The zero-order valence-corrected chi connectivity index (χ0v) is 10.2. The summed E-state index contributed by atoms with van der Waals surface area (Å²) >= 11 is 0. The lowest BCUT2D eigenvalue weighted by atomic mass is 10.3. The Hall–Kier alpha value is -1.83. The molecule has 0 saturated carbocycles. The van der Waals surface area contributed by atoms with Crippen molar-refractivity contribution in [3.63, 3.8) is 0 Å². The van der Waals surface area contributed by atoms with E-state index in [9.17, 15) is 14.4 Å². The highest BCUT2D eigenvalue weighted by molar-refractivity contribution is 5.86. The van der Waals surface area contributed by atoms with Crippen molar-refractivity contribution in [2.24, 2.45) is 0 Å². The second kappa shape index (κ2) is 6.80. The number of carboxylic acids is 1. The van der Waals surface area contributed by atoms with Gasteiger partial charge in [-0.2, -0.15) is 0 Å². The lowest BCUT2D eigenvalue weighted by molar-refractivity contribution is -0.138. The number of rotatable bonds is 4. The first-order valence-electron chi connectivity index (χ1n) is 5.76. The number of carbonyl (C=O) groups is 3. The first kappa shape index (κ1) is 14.2. The first-order chi connectivity index (χ1) is 8.50. The Morgan fingerprint density at radius 3 is 2.50 bits per heavy atom. The van der Waals surface area contributed by atoms with Crippen LogP contribution in [-0.2, 0) is 9.59 Å². The summed E-state index contributed by atoms with van der Waals surface area (Å²) in [6.45, 7) is 3.95. The Bertz CT molecular complexity index is 328. The molecule has 0 radical (unpaired) electrons. The molecule has 1 fully saturated rings. The largest absolute Gasteiger partial charge is 0.480 e. The van der Waals surface area contributed by atoms with Gasteiger partial charge in [0.1, 0.15) is 6.04 Å². The maximum atomic E-state index is 11.7. The van der Waals surface area contributed by atoms with Crippen LogP contribution in [-0.4, -0.2) is 66.7 Å². The number of amides is 3. The van der Waals surface area contributed by atoms with Crippen LogP contribution in [0, 0.1) is 0 Å². The van der Waals surface area contributed by atoms with Crippen molar-refractivity contribution in [3.05, 3.63) is 0 Å². The normalized spacial score (nSPS) is 16.8. The van der Waals surface area contributed by atoms with E-state index in [2.05, 4.69) is 16.0 Å². The van der Waals surface area contributed by atoms with Crippen LogP contribution >= 0.6 is 0 Å². The molecule has 0 aromatic heterocycles. The van der Waals surface area contributed by atoms with Crippen LogP contribution < -0.4 is 16.0 Å². The van der Waals surface area contributed by atoms with E-state index in [1.807, 2.05) is 0 Å². The highest BCUT2D eigenvalue weighted by atomic mass is 16.4. The van der Waals surface area contributed by atoms with Crippen LogP contribution in [0.3, 0.4) is 0 Å². The minimum atomic E-state index is -1.13. The third kappa shape index (κ3) is 4.58. The van der Waals surface area contributed by atoms with E-state index in [1.54, 1.807) is 4.90 Å². The van der Waals surface area contributed by atoms with Crippen LogP contribution in [0.1, 0.15) is 6.92 Å². The number of piperazine rings is 1. The van der Waals surface area contributed by atoms with E-state index in [1.165, 1.54) is 6.92 Å². The number of nitrogens with one attached hydrogen (secondary N) is 3. The lowest BCUT2D eigenvalue weighted by Crippen LogP contribution is -2.51. The summed E-state index contributed by atoms with van der Waals surface area (Å²) in [5.74, 6) is -1.30. The molecule has 1 atom stereocenters. The Balaban J connectivity index is 2.25. The second-order valence-electron chi connectivity index (χ2n) is 4.02. The Morgan fingerprint density at radius 2 is 1.94 bits per heavy atom. The molecule has 3 amide bonds. The number of carboxylic acid groups (broad SMARTS) is 1. The van der Waals surface area contributed by atoms with Gasteiger partial charge in [-0.25, -0.2) is 4.79 Å². The quantitative estimate of drug-likeness (QED) is 0.475. The molecule has 1 unspecified atom stereocenters. The number of hydrogen-bond donors (Lipinski definition) is 4. The molecule has 0 spiro atoms. The zero-order chi connectivity index (χ0) is 13.5. The highest BCUT2D eigenvalue weighted by Gasteiger charge is 2.18. The Kier molecular flexibility index (Phi) is 5.37. The van der Waals surface area contributed by atoms with Gasteiger partial charge in [-0.05, 0) is 6.92 Å². The Morgan fingerprint density at radius 1 is 1.33 bits per heavy atom. The van der Waals surface area contributed by atoms with E-state index in [-0.39, 0.29) is 12.5 Å². The molecule has 8 heteroatoms. The molecule has 4 N–H and O–H groups in total. The van der Waals surface area contributed by atoms with Gasteiger partial charge >= 0.3 is 12.0 Å². The summed E-state index contributed by atoms with van der Waals surface area (Å²) in [7, 11) is 0. The molecule has 1 rings (SSSR count). The van der Waals surface area contributed by atoms with Crippen LogP contribution in [0.25, 0.3) is 0 Å². The monoisotopic (exact) mass is 258 g/mol. The molecule has 1 heterocycles. The number of urea groups is 1. The van der Waals surface area contributed by atoms with Crippen molar-refractivity contribution in [2.75, 3.05) is 32.7 Å². The standard InChI is InChI=1S/C10H18N4O4/c1-7(9(16)17)13-10(18)12-6-8(15)14-4-2-11-3-5-14/h7,11H,2-6H2,1H3,(H,16,17)(H2,12,13,18). The van der Waals surface area contributed by atoms with E-state index >= 15 is 0 Å². The summed E-state index contributed by atoms with van der Waals surface area (Å²) in [6.07, 6.45) is 0. The third-order valence-electron chi connectivity index (χ3n) is 2.59. The molecule has 0 aromatic rings. The van der Waals surface area contributed by atoms with Crippen molar-refractivity contribution in [3.8, 4) is 0 Å². The second-order valence-corrected chi connectivity index (χ2v) is 4.02. The minimum absolute atomic E-state index is 0.127. The fraction of sp³-hybridized carbons (Fsp3) is 0.700. The summed E-state index contributed by atoms with van der Waals surface area (Å²) in [6, 6.07) is -1.65. The average molecular weight is 258 g/mol. The number of aliphatic carboxylic acids is 1. The maximum absolute atomic E-state index is 11.7. The molecular formula is C10H18N4O4. The molecule has 1 aliphatic heterocycles. The smallest absolute Gasteiger partial charge is 0.325 e. The third-order valence-corrected chi connectivity index (χ3v) is 2.59. The van der Waals surface area contributed by atoms with E-state index in [0.29, 0.717) is 13.1 Å². The molecule has 1 aliphatic rings.